The van der Waals surface area contributed by atoms with E-state index >= 15 is 0 Å². The van der Waals surface area contributed by atoms with Crippen LogP contribution in [0.4, 0.5) is 0 Å². The van der Waals surface area contributed by atoms with E-state index in [0.29, 0.717) is 5.75 Å². The van der Waals surface area contributed by atoms with Gasteiger partial charge in [-0.05, 0) is 37.3 Å². The molecule has 31 heavy (non-hydrogen) atoms. The van der Waals surface area contributed by atoms with E-state index in [4.69, 9.17) is 14.8 Å². The minimum atomic E-state index is -0.250. The van der Waals surface area contributed by atoms with Gasteiger partial charge in [0.1, 0.15) is 17.9 Å². The highest BCUT2D eigenvalue weighted by atomic mass is 16.6. The molecular weight excluding hydrogens is 394 g/mol. The average Bonchev–Trinajstić information content (AvgIpc) is 3.53. The highest BCUT2D eigenvalue weighted by Gasteiger charge is 2.70. The van der Waals surface area contributed by atoms with Gasteiger partial charge in [-0.1, -0.05) is 36.6 Å². The maximum Gasteiger partial charge on any atom is 0.233 e. The van der Waals surface area contributed by atoms with Crippen LogP contribution in [-0.4, -0.2) is 41.2 Å². The zero-order valence-corrected chi connectivity index (χ0v) is 17.3. The van der Waals surface area contributed by atoms with Gasteiger partial charge in [0, 0.05) is 23.4 Å². The molecule has 2 amide bonds. The zero-order valence-electron chi connectivity index (χ0n) is 17.3. The summed E-state index contributed by atoms with van der Waals surface area (Å²) < 4.78 is 5.62. The Morgan fingerprint density at radius 1 is 1.06 bits per heavy atom. The van der Waals surface area contributed by atoms with E-state index in [1.165, 1.54) is 6.42 Å². The summed E-state index contributed by atoms with van der Waals surface area (Å²) >= 11 is 0. The van der Waals surface area contributed by atoms with Crippen molar-refractivity contribution >= 4 is 17.5 Å². The summed E-state index contributed by atoms with van der Waals surface area (Å²) in [6.45, 7) is -0.0423. The Labute approximate surface area is 181 Å². The number of hydrogen-bond acceptors (Lipinski definition) is 6. The van der Waals surface area contributed by atoms with Gasteiger partial charge in [0.25, 0.3) is 0 Å². The standard InChI is InChI=1S/C24H25N3O4/c25-10-11-30-17-9-5-4-8-14(17)21-20-15-12-16(22(20)31-26-21)19-18(15)23(28)27(24(19)29)13-6-2-1-3-7-13/h4-5,8-9,13,15-16,18-20,22H,1-3,6-7,11-12H2/t15-,16+,18+,19-,20+,22+/m1/s1. The first-order valence-electron chi connectivity index (χ1n) is 11.4. The number of likely N-dealkylation sites (tertiary alicyclic amines) is 1. The Kier molecular flexibility index (Phi) is 4.31. The molecule has 2 heterocycles. The molecule has 3 aliphatic carbocycles. The number of nitrogens with zero attached hydrogens (tertiary/aromatic N) is 3. The molecule has 0 N–H and O–H groups in total. The molecule has 1 saturated heterocycles. The number of imide groups is 1. The minimum absolute atomic E-state index is 0.0128. The van der Waals surface area contributed by atoms with E-state index in [2.05, 4.69) is 5.16 Å². The van der Waals surface area contributed by atoms with Crippen molar-refractivity contribution in [2.24, 2.45) is 34.7 Å². The van der Waals surface area contributed by atoms with Crippen LogP contribution in [0.15, 0.2) is 29.4 Å². The van der Waals surface area contributed by atoms with Crippen molar-refractivity contribution in [3.8, 4) is 11.8 Å². The van der Waals surface area contributed by atoms with Gasteiger partial charge in [-0.2, -0.15) is 5.26 Å². The molecule has 6 atom stereocenters. The van der Waals surface area contributed by atoms with Gasteiger partial charge < -0.3 is 9.57 Å². The molecule has 0 aromatic heterocycles. The van der Waals surface area contributed by atoms with Gasteiger partial charge in [0.15, 0.2) is 6.61 Å². The molecule has 7 heteroatoms. The van der Waals surface area contributed by atoms with E-state index in [0.717, 1.165) is 43.4 Å². The van der Waals surface area contributed by atoms with E-state index in [1.54, 1.807) is 4.90 Å². The third-order valence-corrected chi connectivity index (χ3v) is 8.12. The van der Waals surface area contributed by atoms with Crippen LogP contribution in [0.5, 0.6) is 5.75 Å². The van der Waals surface area contributed by atoms with Gasteiger partial charge >= 0.3 is 0 Å². The van der Waals surface area contributed by atoms with Crippen LogP contribution < -0.4 is 4.74 Å². The number of benzene rings is 1. The molecule has 160 valence electrons. The van der Waals surface area contributed by atoms with Gasteiger partial charge in [0.05, 0.1) is 17.5 Å². The molecule has 7 nitrogen and oxygen atoms in total. The van der Waals surface area contributed by atoms with Gasteiger partial charge in [-0.15, -0.1) is 0 Å². The van der Waals surface area contributed by atoms with Crippen molar-refractivity contribution in [2.75, 3.05) is 6.61 Å². The Morgan fingerprint density at radius 2 is 1.81 bits per heavy atom. The number of oxime groups is 1. The molecule has 1 aromatic rings. The van der Waals surface area contributed by atoms with Crippen molar-refractivity contribution in [1.29, 1.82) is 5.26 Å². The number of fused-ring (bicyclic) bond motifs is 8. The van der Waals surface area contributed by atoms with Crippen molar-refractivity contribution < 1.29 is 19.2 Å². The van der Waals surface area contributed by atoms with Crippen LogP contribution in [0.25, 0.3) is 0 Å². The number of hydrogen-bond donors (Lipinski definition) is 0. The largest absolute Gasteiger partial charge is 0.478 e. The van der Waals surface area contributed by atoms with Gasteiger partial charge in [-0.25, -0.2) is 0 Å². The quantitative estimate of drug-likeness (QED) is 0.700. The molecule has 3 saturated carbocycles. The van der Waals surface area contributed by atoms with E-state index in [1.807, 2.05) is 30.3 Å². The molecule has 2 aliphatic heterocycles. The second-order valence-corrected chi connectivity index (χ2v) is 9.47. The molecule has 6 rings (SSSR count). The SMILES string of the molecule is N#CCOc1ccccc1C1=NO[C@H]2[C@H]3C[C@@H]([C@@H]12)[C@@H]1C(=O)N(C2CCCCC2)C(=O)[C@H]31. The molecule has 5 aliphatic rings. The highest BCUT2D eigenvalue weighted by Crippen LogP contribution is 2.62. The fourth-order valence-electron chi connectivity index (χ4n) is 6.98. The maximum absolute atomic E-state index is 13.5. The molecule has 4 fully saturated rings. The third kappa shape index (κ3) is 2.60. The Bertz CT molecular complexity index is 1010. The molecule has 0 radical (unpaired) electrons. The second-order valence-electron chi connectivity index (χ2n) is 9.47. The zero-order chi connectivity index (χ0) is 21.1. The lowest BCUT2D eigenvalue weighted by Gasteiger charge is -2.30. The predicted octanol–water partition coefficient (Wildman–Crippen LogP) is 2.89. The Morgan fingerprint density at radius 3 is 2.58 bits per heavy atom. The summed E-state index contributed by atoms with van der Waals surface area (Å²) in [5.41, 5.74) is 1.61. The summed E-state index contributed by atoms with van der Waals surface area (Å²) in [5.74, 6) is 0.259. The first-order valence-corrected chi connectivity index (χ1v) is 11.4. The van der Waals surface area contributed by atoms with Crippen LogP contribution in [0.3, 0.4) is 0 Å². The average molecular weight is 419 g/mol. The van der Waals surface area contributed by atoms with Crippen molar-refractivity contribution in [3.63, 3.8) is 0 Å². The predicted molar refractivity (Wildman–Crippen MR) is 110 cm³/mol. The number of nitriles is 1. The summed E-state index contributed by atoms with van der Waals surface area (Å²) in [5, 5.41) is 13.3. The smallest absolute Gasteiger partial charge is 0.233 e. The molecule has 0 spiro atoms. The Balaban J connectivity index is 1.30. The van der Waals surface area contributed by atoms with Crippen molar-refractivity contribution in [2.45, 2.75) is 50.7 Å². The van der Waals surface area contributed by atoms with E-state index in [9.17, 15) is 9.59 Å². The van der Waals surface area contributed by atoms with Crippen LogP contribution >= 0.6 is 0 Å². The summed E-state index contributed by atoms with van der Waals surface area (Å²) in [6, 6.07) is 9.61. The van der Waals surface area contributed by atoms with Crippen LogP contribution in [0.1, 0.15) is 44.1 Å². The number of para-hydroxylation sites is 1. The van der Waals surface area contributed by atoms with Crippen molar-refractivity contribution in [1.82, 2.24) is 4.90 Å². The lowest BCUT2D eigenvalue weighted by atomic mass is 9.71. The topological polar surface area (TPSA) is 92.0 Å². The van der Waals surface area contributed by atoms with E-state index in [-0.39, 0.29) is 60.2 Å². The first kappa shape index (κ1) is 18.9. The fourth-order valence-corrected chi connectivity index (χ4v) is 6.98. The lowest BCUT2D eigenvalue weighted by Crippen LogP contribution is -2.42. The Hall–Kier alpha value is -2.88. The molecular formula is C24H25N3O4. The molecule has 1 aromatic carbocycles. The molecule has 0 unspecified atom stereocenters. The third-order valence-electron chi connectivity index (χ3n) is 8.12. The monoisotopic (exact) mass is 419 g/mol. The number of carbonyl (C=O) groups excluding carboxylic acids is 2. The number of amides is 2. The second kappa shape index (κ2) is 7.08. The van der Waals surface area contributed by atoms with Crippen molar-refractivity contribution in [3.05, 3.63) is 29.8 Å². The summed E-state index contributed by atoms with van der Waals surface area (Å²) in [6.07, 6.45) is 5.92. The van der Waals surface area contributed by atoms with E-state index < -0.39 is 0 Å². The fraction of sp³-hybridized carbons (Fsp3) is 0.583. The molecule has 2 bridgehead atoms. The first-order chi connectivity index (χ1) is 15.2. The summed E-state index contributed by atoms with van der Waals surface area (Å²) in [7, 11) is 0. The normalized spacial score (nSPS) is 36.1. The van der Waals surface area contributed by atoms with Crippen LogP contribution in [-0.2, 0) is 14.4 Å². The van der Waals surface area contributed by atoms with Gasteiger partial charge in [0.2, 0.25) is 11.8 Å². The van der Waals surface area contributed by atoms with Crippen LogP contribution in [0.2, 0.25) is 0 Å². The highest BCUT2D eigenvalue weighted by molar-refractivity contribution is 6.09. The van der Waals surface area contributed by atoms with Gasteiger partial charge in [-0.3, -0.25) is 14.5 Å². The lowest BCUT2D eigenvalue weighted by molar-refractivity contribution is -0.144. The number of ether oxygens (including phenoxy) is 1. The number of carbonyl (C=O) groups is 2. The number of rotatable bonds is 4. The minimum Gasteiger partial charge on any atom is -0.478 e. The van der Waals surface area contributed by atoms with Crippen LogP contribution in [0, 0.1) is 40.9 Å². The maximum atomic E-state index is 13.5. The summed E-state index contributed by atoms with van der Waals surface area (Å²) in [4.78, 5) is 34.4.